The van der Waals surface area contributed by atoms with E-state index < -0.39 is 10.0 Å². The fourth-order valence-corrected chi connectivity index (χ4v) is 4.58. The van der Waals surface area contributed by atoms with Crippen molar-refractivity contribution < 1.29 is 13.5 Å². The maximum absolute atomic E-state index is 12.1. The lowest BCUT2D eigenvalue weighted by Gasteiger charge is -2.08. The van der Waals surface area contributed by atoms with Crippen molar-refractivity contribution in [2.75, 3.05) is 10.5 Å². The van der Waals surface area contributed by atoms with E-state index in [0.717, 1.165) is 18.4 Å². The number of nitrogens with one attached hydrogen (secondary N) is 1. The van der Waals surface area contributed by atoms with Gasteiger partial charge in [-0.3, -0.25) is 4.72 Å². The van der Waals surface area contributed by atoms with Gasteiger partial charge < -0.3 is 5.11 Å². The number of benzene rings is 1. The average Bonchev–Trinajstić information content (AvgIpc) is 2.68. The van der Waals surface area contributed by atoms with E-state index in [9.17, 15) is 8.42 Å². The minimum atomic E-state index is -3.28. The van der Waals surface area contributed by atoms with Gasteiger partial charge in [0.05, 0.1) is 12.4 Å². The molecule has 5 heteroatoms. The van der Waals surface area contributed by atoms with E-state index in [1.165, 1.54) is 70.6 Å². The van der Waals surface area contributed by atoms with Gasteiger partial charge in [-0.2, -0.15) is 0 Å². The predicted molar refractivity (Wildman–Crippen MR) is 120 cm³/mol. The molecule has 0 fully saturated rings. The van der Waals surface area contributed by atoms with Gasteiger partial charge in [0.1, 0.15) is 0 Å². The van der Waals surface area contributed by atoms with E-state index in [0.29, 0.717) is 12.1 Å². The molecule has 1 aromatic carbocycles. The molecule has 28 heavy (non-hydrogen) atoms. The van der Waals surface area contributed by atoms with Crippen molar-refractivity contribution in [1.29, 1.82) is 0 Å². The first kappa shape index (κ1) is 25.0. The molecular formula is C23H41NO3S. The number of anilines is 1. The monoisotopic (exact) mass is 411 g/mol. The molecule has 4 nitrogen and oxygen atoms in total. The zero-order valence-corrected chi connectivity index (χ0v) is 18.6. The maximum Gasteiger partial charge on any atom is 0.232 e. The summed E-state index contributed by atoms with van der Waals surface area (Å²) in [6.45, 7) is 2.22. The molecule has 162 valence electrons. The van der Waals surface area contributed by atoms with Crippen molar-refractivity contribution >= 4 is 15.7 Å². The van der Waals surface area contributed by atoms with Crippen molar-refractivity contribution in [3.05, 3.63) is 29.8 Å². The number of aliphatic hydroxyl groups is 1. The summed E-state index contributed by atoms with van der Waals surface area (Å²) in [7, 11) is -3.28. The molecule has 0 aromatic heterocycles. The third-order valence-corrected chi connectivity index (χ3v) is 6.55. The first-order valence-electron chi connectivity index (χ1n) is 11.3. The molecule has 0 spiro atoms. The Balaban J connectivity index is 1.96. The lowest BCUT2D eigenvalue weighted by atomic mass is 10.0. The highest BCUT2D eigenvalue weighted by molar-refractivity contribution is 7.92. The second-order valence-electron chi connectivity index (χ2n) is 7.87. The van der Waals surface area contributed by atoms with Crippen LogP contribution >= 0.6 is 0 Å². The molecule has 1 rings (SSSR count). The predicted octanol–water partition coefficient (Wildman–Crippen LogP) is 6.40. The number of sulfonamides is 1. The lowest BCUT2D eigenvalue weighted by Crippen LogP contribution is -2.16. The molecule has 0 bridgehead atoms. The molecule has 0 radical (unpaired) electrons. The van der Waals surface area contributed by atoms with E-state index in [4.69, 9.17) is 5.11 Å². The highest BCUT2D eigenvalue weighted by Crippen LogP contribution is 2.15. The summed E-state index contributed by atoms with van der Waals surface area (Å²) in [6, 6.07) is 6.83. The largest absolute Gasteiger partial charge is 0.392 e. The zero-order valence-electron chi connectivity index (χ0n) is 17.8. The van der Waals surface area contributed by atoms with E-state index in [1.54, 1.807) is 24.3 Å². The second-order valence-corrected chi connectivity index (χ2v) is 9.71. The molecule has 2 N–H and O–H groups in total. The van der Waals surface area contributed by atoms with Gasteiger partial charge in [-0.05, 0) is 24.1 Å². The quantitative estimate of drug-likeness (QED) is 0.275. The third-order valence-electron chi connectivity index (χ3n) is 5.18. The van der Waals surface area contributed by atoms with Crippen LogP contribution < -0.4 is 4.72 Å². The highest BCUT2D eigenvalue weighted by Gasteiger charge is 2.09. The molecule has 0 saturated heterocycles. The van der Waals surface area contributed by atoms with Crippen LogP contribution in [0, 0.1) is 0 Å². The summed E-state index contributed by atoms with van der Waals surface area (Å²) in [5, 5.41) is 9.02. The van der Waals surface area contributed by atoms with Gasteiger partial charge in [-0.15, -0.1) is 0 Å². The topological polar surface area (TPSA) is 66.4 Å². The molecule has 0 heterocycles. The first-order chi connectivity index (χ1) is 13.6. The second kappa shape index (κ2) is 15.8. The average molecular weight is 412 g/mol. The Kier molecular flexibility index (Phi) is 14.1. The van der Waals surface area contributed by atoms with Crippen LogP contribution in [0.15, 0.2) is 24.3 Å². The van der Waals surface area contributed by atoms with Gasteiger partial charge in [0.15, 0.2) is 0 Å². The Labute approximate surface area is 173 Å². The van der Waals surface area contributed by atoms with Crippen molar-refractivity contribution in [3.8, 4) is 0 Å². The lowest BCUT2D eigenvalue weighted by molar-refractivity contribution is 0.282. The fraction of sp³-hybridized carbons (Fsp3) is 0.739. The summed E-state index contributed by atoms with van der Waals surface area (Å²) in [6.07, 6.45) is 17.6. The summed E-state index contributed by atoms with van der Waals surface area (Å²) >= 11 is 0. The van der Waals surface area contributed by atoms with Crippen LogP contribution in [0.1, 0.15) is 102 Å². The Morgan fingerprint density at radius 2 is 1.14 bits per heavy atom. The summed E-state index contributed by atoms with van der Waals surface area (Å²) in [5.74, 6) is 0.173. The standard InChI is InChI=1S/C23H41NO3S/c1-2-3-4-5-6-7-8-9-10-11-12-13-14-15-20-28(26,27)24-23-18-16-22(21-25)17-19-23/h16-19,24-25H,2-15,20-21H2,1H3. The summed E-state index contributed by atoms with van der Waals surface area (Å²) in [4.78, 5) is 0. The first-order valence-corrected chi connectivity index (χ1v) is 12.9. The number of aliphatic hydroxyl groups excluding tert-OH is 1. The smallest absolute Gasteiger partial charge is 0.232 e. The molecule has 0 amide bonds. The van der Waals surface area contributed by atoms with Gasteiger partial charge in [-0.1, -0.05) is 103 Å². The van der Waals surface area contributed by atoms with Crippen molar-refractivity contribution in [3.63, 3.8) is 0 Å². The summed E-state index contributed by atoms with van der Waals surface area (Å²) in [5.41, 5.74) is 1.33. The van der Waals surface area contributed by atoms with Gasteiger partial charge in [-0.25, -0.2) is 8.42 Å². The SMILES string of the molecule is CCCCCCCCCCCCCCCCS(=O)(=O)Nc1ccc(CO)cc1. The molecule has 0 aliphatic carbocycles. The fourth-order valence-electron chi connectivity index (χ4n) is 3.40. The molecule has 0 aliphatic rings. The van der Waals surface area contributed by atoms with Crippen molar-refractivity contribution in [1.82, 2.24) is 0 Å². The van der Waals surface area contributed by atoms with Crippen LogP contribution in [0.3, 0.4) is 0 Å². The van der Waals surface area contributed by atoms with E-state index in [1.807, 2.05) is 0 Å². The third kappa shape index (κ3) is 13.2. The maximum atomic E-state index is 12.1. The molecule has 0 unspecified atom stereocenters. The zero-order chi connectivity index (χ0) is 20.5. The van der Waals surface area contributed by atoms with Crippen molar-refractivity contribution in [2.45, 2.75) is 103 Å². The van der Waals surface area contributed by atoms with Crippen LogP contribution in [0.5, 0.6) is 0 Å². The van der Waals surface area contributed by atoms with E-state index >= 15 is 0 Å². The molecule has 0 aliphatic heterocycles. The van der Waals surface area contributed by atoms with Gasteiger partial charge in [0.2, 0.25) is 10.0 Å². The van der Waals surface area contributed by atoms with Gasteiger partial charge in [0, 0.05) is 5.69 Å². The highest BCUT2D eigenvalue weighted by atomic mass is 32.2. The number of unbranched alkanes of at least 4 members (excludes halogenated alkanes) is 13. The normalized spacial score (nSPS) is 11.6. The molecule has 0 saturated carbocycles. The van der Waals surface area contributed by atoms with Crippen LogP contribution in [-0.2, 0) is 16.6 Å². The molecular weight excluding hydrogens is 370 g/mol. The van der Waals surface area contributed by atoms with Crippen LogP contribution in [-0.4, -0.2) is 19.3 Å². The Bertz CT molecular complexity index is 584. The Morgan fingerprint density at radius 1 is 0.714 bits per heavy atom. The minimum absolute atomic E-state index is 0.0356. The van der Waals surface area contributed by atoms with E-state index in [2.05, 4.69) is 11.6 Å². The van der Waals surface area contributed by atoms with Gasteiger partial charge >= 0.3 is 0 Å². The number of hydrogen-bond donors (Lipinski definition) is 2. The van der Waals surface area contributed by atoms with Gasteiger partial charge in [0.25, 0.3) is 0 Å². The molecule has 1 aromatic rings. The summed E-state index contributed by atoms with van der Waals surface area (Å²) < 4.78 is 26.8. The van der Waals surface area contributed by atoms with Crippen LogP contribution in [0.2, 0.25) is 0 Å². The van der Waals surface area contributed by atoms with Crippen molar-refractivity contribution in [2.24, 2.45) is 0 Å². The van der Waals surface area contributed by atoms with Crippen LogP contribution in [0.25, 0.3) is 0 Å². The van der Waals surface area contributed by atoms with E-state index in [-0.39, 0.29) is 12.4 Å². The number of rotatable bonds is 18. The Morgan fingerprint density at radius 3 is 1.57 bits per heavy atom. The number of hydrogen-bond acceptors (Lipinski definition) is 3. The Hall–Kier alpha value is -1.07. The minimum Gasteiger partial charge on any atom is -0.392 e. The van der Waals surface area contributed by atoms with Crippen LogP contribution in [0.4, 0.5) is 5.69 Å². The molecule has 0 atom stereocenters.